The van der Waals surface area contributed by atoms with Crippen LogP contribution in [0.4, 0.5) is 5.69 Å². The molecule has 7 nitrogen and oxygen atoms in total. The maximum atomic E-state index is 12.4. The number of thiazole rings is 1. The molecule has 1 amide bonds. The number of methoxy groups -OCH3 is 3. The number of aryl methyl sites for hydroxylation is 1. The Labute approximate surface area is 167 Å². The Morgan fingerprint density at radius 2 is 1.86 bits per heavy atom. The number of nitrogens with one attached hydrogen (secondary N) is 1. The van der Waals surface area contributed by atoms with Crippen LogP contribution in [0.15, 0.2) is 41.9 Å². The molecule has 0 fully saturated rings. The minimum atomic E-state index is -0.123. The number of amides is 1. The fraction of sp³-hybridized carbons (Fsp3) is 0.250. The Morgan fingerprint density at radius 1 is 1.11 bits per heavy atom. The average Bonchev–Trinajstić information content (AvgIpc) is 3.21. The summed E-state index contributed by atoms with van der Waals surface area (Å²) in [7, 11) is 4.60. The van der Waals surface area contributed by atoms with Gasteiger partial charge in [0.1, 0.15) is 5.01 Å². The number of hydrogen-bond acceptors (Lipinski definition) is 7. The molecule has 3 aromatic rings. The Kier molecular flexibility index (Phi) is 6.44. The van der Waals surface area contributed by atoms with Gasteiger partial charge in [-0.25, -0.2) is 4.98 Å². The molecule has 0 saturated carbocycles. The van der Waals surface area contributed by atoms with Gasteiger partial charge in [0, 0.05) is 35.8 Å². The average molecular weight is 399 g/mol. The van der Waals surface area contributed by atoms with E-state index < -0.39 is 0 Å². The van der Waals surface area contributed by atoms with Crippen LogP contribution in [-0.2, 0) is 11.2 Å². The predicted molar refractivity (Wildman–Crippen MR) is 108 cm³/mol. The van der Waals surface area contributed by atoms with E-state index in [2.05, 4.69) is 15.3 Å². The van der Waals surface area contributed by atoms with Crippen LogP contribution in [0.3, 0.4) is 0 Å². The lowest BCUT2D eigenvalue weighted by molar-refractivity contribution is -0.116. The highest BCUT2D eigenvalue weighted by Gasteiger charge is 2.15. The van der Waals surface area contributed by atoms with E-state index in [1.807, 2.05) is 23.6 Å². The third-order valence-electron chi connectivity index (χ3n) is 3.99. The molecule has 1 N–H and O–H groups in total. The zero-order chi connectivity index (χ0) is 19.9. The molecule has 0 bridgehead atoms. The monoisotopic (exact) mass is 399 g/mol. The van der Waals surface area contributed by atoms with E-state index in [1.54, 1.807) is 18.3 Å². The minimum absolute atomic E-state index is 0.123. The Bertz CT molecular complexity index is 919. The number of benzene rings is 1. The Balaban J connectivity index is 1.63. The van der Waals surface area contributed by atoms with Crippen molar-refractivity contribution >= 4 is 22.9 Å². The summed E-state index contributed by atoms with van der Waals surface area (Å²) in [6, 6.07) is 9.10. The highest BCUT2D eigenvalue weighted by atomic mass is 32.1. The van der Waals surface area contributed by atoms with Crippen molar-refractivity contribution in [3.8, 4) is 28.0 Å². The molecular formula is C20H21N3O4S. The van der Waals surface area contributed by atoms with Gasteiger partial charge in [0.15, 0.2) is 11.5 Å². The third-order valence-corrected chi connectivity index (χ3v) is 4.91. The van der Waals surface area contributed by atoms with Gasteiger partial charge in [-0.1, -0.05) is 6.07 Å². The summed E-state index contributed by atoms with van der Waals surface area (Å²) in [6.45, 7) is 0. The predicted octanol–water partition coefficient (Wildman–Crippen LogP) is 3.80. The van der Waals surface area contributed by atoms with E-state index in [0.29, 0.717) is 35.8 Å². The van der Waals surface area contributed by atoms with Gasteiger partial charge in [-0.15, -0.1) is 11.3 Å². The highest BCUT2D eigenvalue weighted by Crippen LogP contribution is 2.39. The van der Waals surface area contributed by atoms with Crippen molar-refractivity contribution in [3.05, 3.63) is 47.6 Å². The van der Waals surface area contributed by atoms with Gasteiger partial charge in [-0.05, 0) is 18.6 Å². The molecule has 0 saturated heterocycles. The van der Waals surface area contributed by atoms with Crippen LogP contribution in [-0.4, -0.2) is 37.2 Å². The number of ether oxygens (including phenoxy) is 3. The number of carbonyl (C=O) groups excluding carboxylic acids is 1. The number of rotatable bonds is 8. The molecule has 0 aliphatic heterocycles. The first-order chi connectivity index (χ1) is 13.6. The number of aromatic nitrogens is 2. The molecule has 0 atom stereocenters. The van der Waals surface area contributed by atoms with Gasteiger partial charge in [0.2, 0.25) is 11.7 Å². The Morgan fingerprint density at radius 3 is 2.46 bits per heavy atom. The second-order valence-electron chi connectivity index (χ2n) is 5.82. The number of pyridine rings is 1. The lowest BCUT2D eigenvalue weighted by Gasteiger charge is -2.14. The van der Waals surface area contributed by atoms with E-state index in [9.17, 15) is 4.79 Å². The molecule has 146 valence electrons. The summed E-state index contributed by atoms with van der Waals surface area (Å²) < 4.78 is 15.9. The molecule has 0 unspecified atom stereocenters. The maximum Gasteiger partial charge on any atom is 0.224 e. The maximum absolute atomic E-state index is 12.4. The molecule has 3 rings (SSSR count). The molecule has 1 aromatic carbocycles. The first-order valence-electron chi connectivity index (χ1n) is 8.60. The van der Waals surface area contributed by atoms with Gasteiger partial charge in [-0.3, -0.25) is 9.78 Å². The fourth-order valence-corrected chi connectivity index (χ4v) is 3.48. The second kappa shape index (κ2) is 9.18. The van der Waals surface area contributed by atoms with Gasteiger partial charge < -0.3 is 19.5 Å². The van der Waals surface area contributed by atoms with Crippen molar-refractivity contribution in [3.63, 3.8) is 0 Å². The standard InChI is InChI=1S/C20H21N3O4S/c1-25-16-10-14(11-17(26-2)19(16)27-3)22-18(24)8-7-13-12-28-20(23-13)15-6-4-5-9-21-15/h4-6,9-12H,7-8H2,1-3H3,(H,22,24). The van der Waals surface area contributed by atoms with Gasteiger partial charge in [-0.2, -0.15) is 0 Å². The van der Waals surface area contributed by atoms with Gasteiger partial charge in [0.05, 0.1) is 32.7 Å². The molecule has 8 heteroatoms. The van der Waals surface area contributed by atoms with Crippen LogP contribution in [0, 0.1) is 0 Å². The smallest absolute Gasteiger partial charge is 0.224 e. The van der Waals surface area contributed by atoms with Crippen molar-refractivity contribution in [1.82, 2.24) is 9.97 Å². The number of hydrogen-bond donors (Lipinski definition) is 1. The van der Waals surface area contributed by atoms with Crippen molar-refractivity contribution in [2.75, 3.05) is 26.6 Å². The quantitative estimate of drug-likeness (QED) is 0.620. The van der Waals surface area contributed by atoms with Gasteiger partial charge in [0.25, 0.3) is 0 Å². The van der Waals surface area contributed by atoms with Gasteiger partial charge >= 0.3 is 0 Å². The normalized spacial score (nSPS) is 10.4. The first-order valence-corrected chi connectivity index (χ1v) is 9.48. The van der Waals surface area contributed by atoms with Crippen LogP contribution in [0.25, 0.3) is 10.7 Å². The summed E-state index contributed by atoms with van der Waals surface area (Å²) in [5.74, 6) is 1.32. The third kappa shape index (κ3) is 4.58. The van der Waals surface area contributed by atoms with Crippen LogP contribution >= 0.6 is 11.3 Å². The zero-order valence-electron chi connectivity index (χ0n) is 15.9. The lowest BCUT2D eigenvalue weighted by atomic mass is 10.2. The van der Waals surface area contributed by atoms with E-state index in [0.717, 1.165) is 16.4 Å². The van der Waals surface area contributed by atoms with Crippen LogP contribution in [0.1, 0.15) is 12.1 Å². The molecule has 0 spiro atoms. The summed E-state index contributed by atoms with van der Waals surface area (Å²) in [4.78, 5) is 21.2. The van der Waals surface area contributed by atoms with E-state index >= 15 is 0 Å². The molecule has 28 heavy (non-hydrogen) atoms. The van der Waals surface area contributed by atoms with E-state index in [1.165, 1.54) is 32.7 Å². The van der Waals surface area contributed by atoms with E-state index in [4.69, 9.17) is 14.2 Å². The van der Waals surface area contributed by atoms with E-state index in [-0.39, 0.29) is 5.91 Å². The van der Waals surface area contributed by atoms with Crippen molar-refractivity contribution in [2.24, 2.45) is 0 Å². The SMILES string of the molecule is COc1cc(NC(=O)CCc2csc(-c3ccccn3)n2)cc(OC)c1OC. The molecule has 0 aliphatic carbocycles. The summed E-state index contributed by atoms with van der Waals surface area (Å²) in [6.07, 6.45) is 2.59. The van der Waals surface area contributed by atoms with Crippen molar-refractivity contribution < 1.29 is 19.0 Å². The largest absolute Gasteiger partial charge is 0.493 e. The number of carbonyl (C=O) groups is 1. The first kappa shape index (κ1) is 19.6. The number of anilines is 1. The van der Waals surface area contributed by atoms with Crippen molar-refractivity contribution in [1.29, 1.82) is 0 Å². The summed E-state index contributed by atoms with van der Waals surface area (Å²) in [5, 5.41) is 5.66. The molecule has 0 radical (unpaired) electrons. The fourth-order valence-electron chi connectivity index (χ4n) is 2.65. The van der Waals surface area contributed by atoms with Crippen LogP contribution in [0.5, 0.6) is 17.2 Å². The summed E-state index contributed by atoms with van der Waals surface area (Å²) >= 11 is 1.52. The van der Waals surface area contributed by atoms with Crippen LogP contribution < -0.4 is 19.5 Å². The van der Waals surface area contributed by atoms with Crippen LogP contribution in [0.2, 0.25) is 0 Å². The molecular weight excluding hydrogens is 378 g/mol. The number of nitrogens with zero attached hydrogens (tertiary/aromatic N) is 2. The minimum Gasteiger partial charge on any atom is -0.493 e. The van der Waals surface area contributed by atoms with Crippen molar-refractivity contribution in [2.45, 2.75) is 12.8 Å². The highest BCUT2D eigenvalue weighted by molar-refractivity contribution is 7.13. The molecule has 0 aliphatic rings. The zero-order valence-corrected chi connectivity index (χ0v) is 16.7. The second-order valence-corrected chi connectivity index (χ2v) is 6.68. The molecule has 2 heterocycles. The lowest BCUT2D eigenvalue weighted by Crippen LogP contribution is -2.12. The molecule has 2 aromatic heterocycles. The Hall–Kier alpha value is -3.13. The topological polar surface area (TPSA) is 82.6 Å². The summed E-state index contributed by atoms with van der Waals surface area (Å²) in [5.41, 5.74) is 2.28.